The van der Waals surface area contributed by atoms with Crippen molar-refractivity contribution in [2.24, 2.45) is 0 Å². The quantitative estimate of drug-likeness (QED) is 0.532. The van der Waals surface area contributed by atoms with Gasteiger partial charge < -0.3 is 4.90 Å². The van der Waals surface area contributed by atoms with Gasteiger partial charge in [-0.3, -0.25) is 9.69 Å². The number of benzene rings is 2. The third-order valence-electron chi connectivity index (χ3n) is 4.85. The van der Waals surface area contributed by atoms with E-state index in [-0.39, 0.29) is 23.7 Å². The number of fused-ring (bicyclic) bond motifs is 1. The lowest BCUT2D eigenvalue weighted by Gasteiger charge is -2.23. The molecule has 29 heavy (non-hydrogen) atoms. The monoisotopic (exact) mass is 431 g/mol. The molecule has 0 bridgehead atoms. The molecular formula is C23H30ClN3OS. The maximum Gasteiger partial charge on any atom is 0.260 e. The zero-order valence-corrected chi connectivity index (χ0v) is 19.7. The van der Waals surface area contributed by atoms with Crippen molar-refractivity contribution in [1.29, 1.82) is 0 Å². The lowest BCUT2D eigenvalue weighted by atomic mass is 9.86. The van der Waals surface area contributed by atoms with Crippen molar-refractivity contribution in [1.82, 2.24) is 9.88 Å². The van der Waals surface area contributed by atoms with Crippen LogP contribution in [0.15, 0.2) is 42.5 Å². The number of para-hydroxylation sites is 1. The van der Waals surface area contributed by atoms with Gasteiger partial charge in [-0.25, -0.2) is 4.98 Å². The van der Waals surface area contributed by atoms with Gasteiger partial charge in [-0.1, -0.05) is 56.4 Å². The van der Waals surface area contributed by atoms with Gasteiger partial charge in [-0.2, -0.15) is 0 Å². The maximum atomic E-state index is 13.4. The summed E-state index contributed by atoms with van der Waals surface area (Å²) in [6.07, 6.45) is 0. The van der Waals surface area contributed by atoms with Gasteiger partial charge in [0.2, 0.25) is 0 Å². The van der Waals surface area contributed by atoms with Crippen LogP contribution in [0.4, 0.5) is 5.13 Å². The number of aromatic nitrogens is 1. The number of hydrogen-bond acceptors (Lipinski definition) is 4. The molecule has 0 fully saturated rings. The van der Waals surface area contributed by atoms with Gasteiger partial charge in [0.15, 0.2) is 5.13 Å². The summed E-state index contributed by atoms with van der Waals surface area (Å²) in [5.41, 5.74) is 4.10. The second kappa shape index (κ2) is 9.24. The number of likely N-dealkylation sites (N-methyl/N-ethyl adjacent to an activating group) is 1. The van der Waals surface area contributed by atoms with Gasteiger partial charge in [-0.15, -0.1) is 12.4 Å². The van der Waals surface area contributed by atoms with E-state index in [1.807, 2.05) is 37.2 Å². The summed E-state index contributed by atoms with van der Waals surface area (Å²) in [6.45, 7) is 9.97. The molecule has 4 nitrogen and oxygen atoms in total. The SMILES string of the molecule is Cc1cccc2sc(N(CCN(C)C)C(=O)c3ccc(C(C)(C)C)cc3)nc12.Cl. The van der Waals surface area contributed by atoms with Crippen molar-refractivity contribution < 1.29 is 4.79 Å². The highest BCUT2D eigenvalue weighted by molar-refractivity contribution is 7.22. The van der Waals surface area contributed by atoms with Crippen LogP contribution in [0.2, 0.25) is 0 Å². The molecular weight excluding hydrogens is 402 g/mol. The molecule has 0 aliphatic heterocycles. The minimum atomic E-state index is -0.000909. The van der Waals surface area contributed by atoms with Gasteiger partial charge in [0.1, 0.15) is 0 Å². The second-order valence-electron chi connectivity index (χ2n) is 8.51. The molecule has 6 heteroatoms. The van der Waals surface area contributed by atoms with Crippen molar-refractivity contribution in [3.63, 3.8) is 0 Å². The van der Waals surface area contributed by atoms with Crippen LogP contribution in [0.1, 0.15) is 42.3 Å². The Kier molecular flexibility index (Phi) is 7.44. The number of hydrogen-bond donors (Lipinski definition) is 0. The Hall–Kier alpha value is -1.95. The molecule has 0 spiro atoms. The number of thiazole rings is 1. The summed E-state index contributed by atoms with van der Waals surface area (Å²) in [4.78, 5) is 22.1. The molecule has 0 aliphatic carbocycles. The molecule has 3 rings (SSSR count). The molecule has 0 saturated heterocycles. The molecule has 1 heterocycles. The highest BCUT2D eigenvalue weighted by Crippen LogP contribution is 2.31. The predicted octanol–water partition coefficient (Wildman–Crippen LogP) is 5.53. The summed E-state index contributed by atoms with van der Waals surface area (Å²) in [6, 6.07) is 14.1. The van der Waals surface area contributed by atoms with E-state index in [2.05, 4.69) is 56.9 Å². The third kappa shape index (κ3) is 5.35. The number of nitrogens with zero attached hydrogens (tertiary/aromatic N) is 3. The molecule has 0 aliphatic rings. The van der Waals surface area contributed by atoms with E-state index in [1.165, 1.54) is 5.56 Å². The van der Waals surface area contributed by atoms with Crippen molar-refractivity contribution in [2.75, 3.05) is 32.1 Å². The van der Waals surface area contributed by atoms with E-state index in [9.17, 15) is 4.79 Å². The lowest BCUT2D eigenvalue weighted by molar-refractivity contribution is 0.0985. The highest BCUT2D eigenvalue weighted by Gasteiger charge is 2.22. The molecule has 0 atom stereocenters. The summed E-state index contributed by atoms with van der Waals surface area (Å²) in [5.74, 6) is -0.000909. The fourth-order valence-electron chi connectivity index (χ4n) is 3.04. The van der Waals surface area contributed by atoms with Crippen molar-refractivity contribution >= 4 is 45.0 Å². The number of rotatable bonds is 5. The highest BCUT2D eigenvalue weighted by atomic mass is 35.5. The Balaban J connectivity index is 0.00000300. The number of anilines is 1. The molecule has 156 valence electrons. The minimum Gasteiger partial charge on any atom is -0.308 e. The Morgan fingerprint density at radius 2 is 1.69 bits per heavy atom. The van der Waals surface area contributed by atoms with Gasteiger partial charge in [0, 0.05) is 18.7 Å². The van der Waals surface area contributed by atoms with Crippen LogP contribution in [0, 0.1) is 6.92 Å². The predicted molar refractivity (Wildman–Crippen MR) is 127 cm³/mol. The zero-order valence-electron chi connectivity index (χ0n) is 18.0. The molecule has 1 amide bonds. The van der Waals surface area contributed by atoms with Crippen LogP contribution in [-0.2, 0) is 5.41 Å². The fourth-order valence-corrected chi connectivity index (χ4v) is 4.11. The largest absolute Gasteiger partial charge is 0.308 e. The third-order valence-corrected chi connectivity index (χ3v) is 5.90. The van der Waals surface area contributed by atoms with E-state index in [0.29, 0.717) is 12.1 Å². The fraction of sp³-hybridized carbons (Fsp3) is 0.391. The Bertz CT molecular complexity index is 974. The minimum absolute atomic E-state index is 0. The molecule has 0 saturated carbocycles. The van der Waals surface area contributed by atoms with Crippen molar-refractivity contribution in [3.05, 3.63) is 59.2 Å². The normalized spacial score (nSPS) is 11.6. The van der Waals surface area contributed by atoms with E-state index in [1.54, 1.807) is 11.3 Å². The Morgan fingerprint density at radius 1 is 1.03 bits per heavy atom. The topological polar surface area (TPSA) is 36.4 Å². The van der Waals surface area contributed by atoms with Crippen LogP contribution in [0.3, 0.4) is 0 Å². The summed E-state index contributed by atoms with van der Waals surface area (Å²) < 4.78 is 1.11. The standard InChI is InChI=1S/C23H29N3OS.ClH/c1-16-8-7-9-19-20(16)24-22(28-19)26(15-14-25(5)6)21(27)17-10-12-18(13-11-17)23(2,3)4;/h7-13H,14-15H2,1-6H3;1H. The molecule has 0 unspecified atom stereocenters. The lowest BCUT2D eigenvalue weighted by Crippen LogP contribution is -2.36. The van der Waals surface area contributed by atoms with Gasteiger partial charge >= 0.3 is 0 Å². The smallest absolute Gasteiger partial charge is 0.260 e. The number of halogens is 1. The van der Waals surface area contributed by atoms with Crippen LogP contribution < -0.4 is 4.90 Å². The number of carbonyl (C=O) groups excluding carboxylic acids is 1. The average Bonchev–Trinajstić information content (AvgIpc) is 3.06. The van der Waals surface area contributed by atoms with Gasteiger partial charge in [-0.05, 0) is 55.8 Å². The first-order valence-electron chi connectivity index (χ1n) is 9.60. The molecule has 0 radical (unpaired) electrons. The van der Waals surface area contributed by atoms with Crippen LogP contribution in [-0.4, -0.2) is 43.0 Å². The molecule has 3 aromatic rings. The van der Waals surface area contributed by atoms with Crippen molar-refractivity contribution in [3.8, 4) is 0 Å². The van der Waals surface area contributed by atoms with E-state index >= 15 is 0 Å². The van der Waals surface area contributed by atoms with Crippen molar-refractivity contribution in [2.45, 2.75) is 33.1 Å². The average molecular weight is 432 g/mol. The second-order valence-corrected chi connectivity index (χ2v) is 9.51. The van der Waals surface area contributed by atoms with Gasteiger partial charge in [0.05, 0.1) is 10.2 Å². The van der Waals surface area contributed by atoms with E-state index in [0.717, 1.165) is 27.5 Å². The summed E-state index contributed by atoms with van der Waals surface area (Å²) in [5, 5.41) is 0.760. The van der Waals surface area contributed by atoms with Crippen LogP contribution in [0.5, 0.6) is 0 Å². The molecule has 0 N–H and O–H groups in total. The van der Waals surface area contributed by atoms with E-state index in [4.69, 9.17) is 4.98 Å². The zero-order chi connectivity index (χ0) is 20.5. The first kappa shape index (κ1) is 23.3. The number of amides is 1. The van der Waals surface area contributed by atoms with Gasteiger partial charge in [0.25, 0.3) is 5.91 Å². The first-order chi connectivity index (χ1) is 13.2. The Morgan fingerprint density at radius 3 is 2.24 bits per heavy atom. The Labute approximate surface area is 184 Å². The first-order valence-corrected chi connectivity index (χ1v) is 10.4. The van der Waals surface area contributed by atoms with E-state index < -0.39 is 0 Å². The molecule has 1 aromatic heterocycles. The summed E-state index contributed by atoms with van der Waals surface area (Å²) in [7, 11) is 4.03. The van der Waals surface area contributed by atoms with Crippen LogP contribution >= 0.6 is 23.7 Å². The summed E-state index contributed by atoms with van der Waals surface area (Å²) >= 11 is 1.58. The van der Waals surface area contributed by atoms with Crippen LogP contribution in [0.25, 0.3) is 10.2 Å². The maximum absolute atomic E-state index is 13.4. The number of carbonyl (C=O) groups is 1. The number of aryl methyl sites for hydroxylation is 1. The molecule has 2 aromatic carbocycles.